The molecule has 1 rings (SSSR count). The molecule has 0 bridgehead atoms. The zero-order chi connectivity index (χ0) is 15.9. The minimum atomic E-state index is -1.45. The van der Waals surface area contributed by atoms with Gasteiger partial charge >= 0.3 is 5.97 Å². The number of rotatable bonds is 9. The van der Waals surface area contributed by atoms with Crippen LogP contribution in [-0.4, -0.2) is 43.8 Å². The van der Waals surface area contributed by atoms with Crippen LogP contribution in [0.5, 0.6) is 0 Å². The molecule has 1 heterocycles. The van der Waals surface area contributed by atoms with Crippen molar-refractivity contribution in [3.8, 4) is 0 Å². The summed E-state index contributed by atoms with van der Waals surface area (Å²) in [5.74, 6) is -1.32. The van der Waals surface area contributed by atoms with E-state index in [1.165, 1.54) is 6.92 Å². The Hall–Kier alpha value is -1.89. The van der Waals surface area contributed by atoms with Gasteiger partial charge in [-0.25, -0.2) is 4.98 Å². The van der Waals surface area contributed by atoms with Gasteiger partial charge in [-0.15, -0.1) is 0 Å². The number of carbonyl (C=O) groups is 2. The lowest BCUT2D eigenvalue weighted by molar-refractivity contribution is -0.142. The van der Waals surface area contributed by atoms with E-state index in [9.17, 15) is 14.7 Å². The molecule has 0 aliphatic carbocycles. The van der Waals surface area contributed by atoms with Crippen LogP contribution in [0.3, 0.4) is 0 Å². The second kappa shape index (κ2) is 7.78. The predicted molar refractivity (Wildman–Crippen MR) is 76.7 cm³/mol. The van der Waals surface area contributed by atoms with Crippen molar-refractivity contribution in [2.45, 2.75) is 51.2 Å². The van der Waals surface area contributed by atoms with Crippen LogP contribution in [-0.2, 0) is 9.59 Å². The van der Waals surface area contributed by atoms with Crippen molar-refractivity contribution in [2.24, 2.45) is 0 Å². The number of aliphatic hydroxyl groups is 1. The number of nitrogens with one attached hydrogen (secondary N) is 1. The maximum absolute atomic E-state index is 12.0. The smallest absolute Gasteiger partial charge is 0.306 e. The van der Waals surface area contributed by atoms with Crippen molar-refractivity contribution in [3.63, 3.8) is 0 Å². The highest BCUT2D eigenvalue weighted by Gasteiger charge is 2.25. The van der Waals surface area contributed by atoms with Gasteiger partial charge in [0.2, 0.25) is 5.91 Å². The number of aromatic nitrogens is 2. The number of imidazole rings is 1. The highest BCUT2D eigenvalue weighted by Crippen LogP contribution is 2.17. The molecule has 0 saturated carbocycles. The molecule has 0 aromatic carbocycles. The summed E-state index contributed by atoms with van der Waals surface area (Å²) in [5, 5.41) is 21.1. The summed E-state index contributed by atoms with van der Waals surface area (Å²) >= 11 is 0. The SMILES string of the molecule is CCCC(CC(=O)NCC(C)(O)CC(=O)O)n1ccnc1. The molecule has 0 aliphatic rings. The highest BCUT2D eigenvalue weighted by molar-refractivity contribution is 5.76. The van der Waals surface area contributed by atoms with Crippen LogP contribution in [0.25, 0.3) is 0 Å². The van der Waals surface area contributed by atoms with Crippen LogP contribution in [0, 0.1) is 0 Å². The summed E-state index contributed by atoms with van der Waals surface area (Å²) in [6, 6.07) is 0.0157. The number of carboxylic acid groups (broad SMARTS) is 1. The first-order valence-electron chi connectivity index (χ1n) is 7.02. The Bertz CT molecular complexity index is 457. The number of carbonyl (C=O) groups excluding carboxylic acids is 1. The van der Waals surface area contributed by atoms with Gasteiger partial charge in [-0.1, -0.05) is 13.3 Å². The van der Waals surface area contributed by atoms with Crippen LogP contribution < -0.4 is 5.32 Å². The van der Waals surface area contributed by atoms with Crippen molar-refractivity contribution in [2.75, 3.05) is 6.54 Å². The molecule has 3 N–H and O–H groups in total. The quantitative estimate of drug-likeness (QED) is 0.629. The molecular weight excluding hydrogens is 274 g/mol. The number of hydrogen-bond acceptors (Lipinski definition) is 4. The van der Waals surface area contributed by atoms with Crippen molar-refractivity contribution in [1.82, 2.24) is 14.9 Å². The van der Waals surface area contributed by atoms with Crippen LogP contribution in [0.4, 0.5) is 0 Å². The maximum Gasteiger partial charge on any atom is 0.306 e. The second-order valence-electron chi connectivity index (χ2n) is 5.50. The monoisotopic (exact) mass is 297 g/mol. The third-order valence-electron chi connectivity index (χ3n) is 3.19. The van der Waals surface area contributed by atoms with Gasteiger partial charge < -0.3 is 20.1 Å². The minimum Gasteiger partial charge on any atom is -0.481 e. The van der Waals surface area contributed by atoms with Gasteiger partial charge in [-0.2, -0.15) is 0 Å². The average Bonchev–Trinajstić information content (AvgIpc) is 2.88. The Labute approximate surface area is 124 Å². The van der Waals surface area contributed by atoms with Crippen LogP contribution in [0.2, 0.25) is 0 Å². The van der Waals surface area contributed by atoms with E-state index in [0.29, 0.717) is 0 Å². The minimum absolute atomic E-state index is 0.0157. The first-order valence-corrected chi connectivity index (χ1v) is 7.02. The summed E-state index contributed by atoms with van der Waals surface area (Å²) in [5.41, 5.74) is -1.45. The molecule has 118 valence electrons. The summed E-state index contributed by atoms with van der Waals surface area (Å²) < 4.78 is 1.89. The maximum atomic E-state index is 12.0. The van der Waals surface area contributed by atoms with Gasteiger partial charge in [0.25, 0.3) is 0 Å². The molecule has 1 aromatic heterocycles. The fourth-order valence-electron chi connectivity index (χ4n) is 2.14. The zero-order valence-corrected chi connectivity index (χ0v) is 12.5. The third-order valence-corrected chi connectivity index (χ3v) is 3.19. The number of nitrogens with zero attached hydrogens (tertiary/aromatic N) is 2. The van der Waals surface area contributed by atoms with E-state index in [2.05, 4.69) is 10.3 Å². The summed E-state index contributed by atoms with van der Waals surface area (Å²) in [6.45, 7) is 3.35. The van der Waals surface area contributed by atoms with E-state index in [4.69, 9.17) is 5.11 Å². The largest absolute Gasteiger partial charge is 0.481 e. The molecule has 1 amide bonds. The van der Waals surface area contributed by atoms with Crippen molar-refractivity contribution in [1.29, 1.82) is 0 Å². The third kappa shape index (κ3) is 6.40. The van der Waals surface area contributed by atoms with Crippen molar-refractivity contribution >= 4 is 11.9 Å². The second-order valence-corrected chi connectivity index (χ2v) is 5.50. The fraction of sp³-hybridized carbons (Fsp3) is 0.643. The lowest BCUT2D eigenvalue weighted by Crippen LogP contribution is -2.42. The first kappa shape index (κ1) is 17.2. The van der Waals surface area contributed by atoms with Gasteiger partial charge in [-0.05, 0) is 13.3 Å². The van der Waals surface area contributed by atoms with Gasteiger partial charge in [0.1, 0.15) is 0 Å². The van der Waals surface area contributed by atoms with E-state index in [-0.39, 0.29) is 24.9 Å². The van der Waals surface area contributed by atoms with Crippen LogP contribution in [0.15, 0.2) is 18.7 Å². The Morgan fingerprint density at radius 2 is 2.19 bits per heavy atom. The molecule has 0 spiro atoms. The molecule has 7 heteroatoms. The molecule has 0 radical (unpaired) electrons. The lowest BCUT2D eigenvalue weighted by Gasteiger charge is -2.23. The van der Waals surface area contributed by atoms with E-state index in [0.717, 1.165) is 12.8 Å². The van der Waals surface area contributed by atoms with Gasteiger partial charge in [0.15, 0.2) is 0 Å². The first-order chi connectivity index (χ1) is 9.84. The molecule has 1 aromatic rings. The Kier molecular flexibility index (Phi) is 6.36. The van der Waals surface area contributed by atoms with Gasteiger partial charge in [0.05, 0.1) is 18.3 Å². The zero-order valence-electron chi connectivity index (χ0n) is 12.5. The molecule has 0 fully saturated rings. The standard InChI is InChI=1S/C14H23N3O4/c1-3-4-11(17-6-5-15-10-17)7-12(18)16-9-14(2,21)8-13(19)20/h5-6,10-11,21H,3-4,7-9H2,1-2H3,(H,16,18)(H,19,20). The molecule has 0 aliphatic heterocycles. The Morgan fingerprint density at radius 1 is 1.48 bits per heavy atom. The topological polar surface area (TPSA) is 104 Å². The number of hydrogen-bond donors (Lipinski definition) is 3. The van der Waals surface area contributed by atoms with Crippen molar-refractivity contribution in [3.05, 3.63) is 18.7 Å². The normalized spacial score (nSPS) is 15.2. The number of carboxylic acids is 1. The summed E-state index contributed by atoms with van der Waals surface area (Å²) in [4.78, 5) is 26.5. The Balaban J connectivity index is 2.49. The molecule has 21 heavy (non-hydrogen) atoms. The molecular formula is C14H23N3O4. The number of aliphatic carboxylic acids is 1. The fourth-order valence-corrected chi connectivity index (χ4v) is 2.14. The predicted octanol–water partition coefficient (Wildman–Crippen LogP) is 0.956. The summed E-state index contributed by atoms with van der Waals surface area (Å²) in [7, 11) is 0. The van der Waals surface area contributed by atoms with Crippen LogP contribution >= 0.6 is 0 Å². The number of amides is 1. The lowest BCUT2D eigenvalue weighted by atomic mass is 10.0. The highest BCUT2D eigenvalue weighted by atomic mass is 16.4. The molecule has 2 unspecified atom stereocenters. The van der Waals surface area contributed by atoms with Gasteiger partial charge in [-0.3, -0.25) is 9.59 Å². The van der Waals surface area contributed by atoms with E-state index in [1.807, 2.05) is 17.7 Å². The van der Waals surface area contributed by atoms with Crippen molar-refractivity contribution < 1.29 is 19.8 Å². The van der Waals surface area contributed by atoms with E-state index >= 15 is 0 Å². The van der Waals surface area contributed by atoms with Gasteiger partial charge in [0, 0.05) is 31.4 Å². The van der Waals surface area contributed by atoms with E-state index < -0.39 is 18.0 Å². The van der Waals surface area contributed by atoms with E-state index in [1.54, 1.807) is 12.5 Å². The van der Waals surface area contributed by atoms with Crippen LogP contribution in [0.1, 0.15) is 45.6 Å². The summed E-state index contributed by atoms with van der Waals surface area (Å²) in [6.07, 6.45) is 6.79. The molecule has 2 atom stereocenters. The Morgan fingerprint density at radius 3 is 2.71 bits per heavy atom. The molecule has 7 nitrogen and oxygen atoms in total. The molecule has 0 saturated heterocycles. The average molecular weight is 297 g/mol.